The van der Waals surface area contributed by atoms with Gasteiger partial charge in [-0.25, -0.2) is 4.98 Å². The summed E-state index contributed by atoms with van der Waals surface area (Å²) in [6.45, 7) is 6.05. The first kappa shape index (κ1) is 18.2. The summed E-state index contributed by atoms with van der Waals surface area (Å²) in [6.07, 6.45) is 3.78. The van der Waals surface area contributed by atoms with E-state index < -0.39 is 6.04 Å². The number of halogens is 1. The number of rotatable bonds is 5. The van der Waals surface area contributed by atoms with Crippen molar-refractivity contribution >= 4 is 24.0 Å². The Hall–Kier alpha value is -1.85. The van der Waals surface area contributed by atoms with E-state index in [1.165, 1.54) is 6.26 Å². The predicted octanol–water partition coefficient (Wildman–Crippen LogP) is 3.38. The minimum absolute atomic E-state index is 0. The van der Waals surface area contributed by atoms with Gasteiger partial charge in [0.15, 0.2) is 0 Å². The largest absolute Gasteiger partial charge is 0.445 e. The Labute approximate surface area is 136 Å². The third-order valence-corrected chi connectivity index (χ3v) is 3.23. The molecule has 0 radical (unpaired) electrons. The van der Waals surface area contributed by atoms with E-state index in [4.69, 9.17) is 10.2 Å². The van der Waals surface area contributed by atoms with Crippen LogP contribution in [0.15, 0.2) is 35.1 Å². The van der Waals surface area contributed by atoms with Gasteiger partial charge in [0.05, 0.1) is 12.2 Å². The third kappa shape index (κ3) is 4.58. The van der Waals surface area contributed by atoms with Crippen molar-refractivity contribution in [2.45, 2.75) is 33.2 Å². The summed E-state index contributed by atoms with van der Waals surface area (Å²) in [7, 11) is 0. The van der Waals surface area contributed by atoms with E-state index in [1.807, 2.05) is 39.0 Å². The van der Waals surface area contributed by atoms with Gasteiger partial charge in [-0.1, -0.05) is 19.9 Å². The number of nitrogens with two attached hydrogens (primary N) is 1. The van der Waals surface area contributed by atoms with Crippen molar-refractivity contribution < 1.29 is 9.21 Å². The molecule has 0 saturated carbocycles. The van der Waals surface area contributed by atoms with E-state index in [9.17, 15) is 4.79 Å². The smallest absolute Gasteiger partial charge is 0.241 e. The number of anilines is 1. The lowest BCUT2D eigenvalue weighted by Gasteiger charge is -2.15. The second kappa shape index (κ2) is 7.96. The fourth-order valence-corrected chi connectivity index (χ4v) is 2.14. The summed E-state index contributed by atoms with van der Waals surface area (Å²) < 4.78 is 5.31. The van der Waals surface area contributed by atoms with Crippen LogP contribution in [0, 0.1) is 12.8 Å². The van der Waals surface area contributed by atoms with E-state index in [2.05, 4.69) is 10.3 Å². The van der Waals surface area contributed by atoms with Gasteiger partial charge in [0.1, 0.15) is 6.26 Å². The monoisotopic (exact) mass is 323 g/mol. The number of nitrogens with zero attached hydrogens (tertiary/aromatic N) is 1. The molecule has 3 N–H and O–H groups in total. The predicted molar refractivity (Wildman–Crippen MR) is 90.0 cm³/mol. The number of nitrogens with one attached hydrogen (secondary N) is 1. The normalized spacial score (nSPS) is 11.9. The van der Waals surface area contributed by atoms with Crippen LogP contribution < -0.4 is 11.1 Å². The highest BCUT2D eigenvalue weighted by Gasteiger charge is 2.16. The maximum Gasteiger partial charge on any atom is 0.241 e. The Balaban J connectivity index is 0.00000242. The number of carbonyl (C=O) groups excluding carboxylic acids is 1. The molecule has 0 unspecified atom stereocenters. The lowest BCUT2D eigenvalue weighted by Crippen LogP contribution is -2.36. The fraction of sp³-hybridized carbons (Fsp3) is 0.375. The summed E-state index contributed by atoms with van der Waals surface area (Å²) in [5, 5.41) is 2.84. The molecule has 0 spiro atoms. The number of carbonyl (C=O) groups is 1. The van der Waals surface area contributed by atoms with Crippen LogP contribution in [-0.2, 0) is 4.79 Å². The van der Waals surface area contributed by atoms with Gasteiger partial charge in [-0.05, 0) is 37.0 Å². The first-order valence-electron chi connectivity index (χ1n) is 7.04. The number of amides is 1. The first-order chi connectivity index (χ1) is 9.97. The van der Waals surface area contributed by atoms with Crippen LogP contribution in [0.4, 0.5) is 5.69 Å². The lowest BCUT2D eigenvalue weighted by molar-refractivity contribution is -0.117. The second-order valence-corrected chi connectivity index (χ2v) is 5.59. The molecule has 1 aromatic heterocycles. The van der Waals surface area contributed by atoms with Crippen molar-refractivity contribution in [2.75, 3.05) is 5.32 Å². The number of oxazole rings is 1. The topological polar surface area (TPSA) is 81.2 Å². The Kier molecular flexibility index (Phi) is 6.59. The van der Waals surface area contributed by atoms with Gasteiger partial charge in [0.2, 0.25) is 11.8 Å². The van der Waals surface area contributed by atoms with Crippen LogP contribution >= 0.6 is 12.4 Å². The van der Waals surface area contributed by atoms with Crippen LogP contribution in [-0.4, -0.2) is 16.9 Å². The highest BCUT2D eigenvalue weighted by molar-refractivity contribution is 5.95. The zero-order valence-electron chi connectivity index (χ0n) is 13.0. The number of hydrogen-bond donors (Lipinski definition) is 2. The van der Waals surface area contributed by atoms with E-state index >= 15 is 0 Å². The summed E-state index contributed by atoms with van der Waals surface area (Å²) in [6, 6.07) is 5.11. The molecule has 0 bridgehead atoms. The van der Waals surface area contributed by atoms with Crippen molar-refractivity contribution in [3.05, 3.63) is 36.2 Å². The summed E-state index contributed by atoms with van der Waals surface area (Å²) in [5.41, 5.74) is 8.46. The number of hydrogen-bond acceptors (Lipinski definition) is 4. The minimum Gasteiger partial charge on any atom is -0.445 e. The second-order valence-electron chi connectivity index (χ2n) is 5.59. The minimum atomic E-state index is -0.503. The lowest BCUT2D eigenvalue weighted by atomic mass is 10.0. The number of benzene rings is 1. The highest BCUT2D eigenvalue weighted by atomic mass is 35.5. The van der Waals surface area contributed by atoms with Gasteiger partial charge < -0.3 is 15.5 Å². The Morgan fingerprint density at radius 3 is 2.73 bits per heavy atom. The average molecular weight is 324 g/mol. The molecule has 22 heavy (non-hydrogen) atoms. The summed E-state index contributed by atoms with van der Waals surface area (Å²) in [4.78, 5) is 16.2. The Morgan fingerprint density at radius 2 is 2.14 bits per heavy atom. The molecular formula is C16H22ClN3O2. The van der Waals surface area contributed by atoms with Gasteiger partial charge in [-0.2, -0.15) is 0 Å². The van der Waals surface area contributed by atoms with Gasteiger partial charge >= 0.3 is 0 Å². The fourth-order valence-electron chi connectivity index (χ4n) is 2.14. The third-order valence-electron chi connectivity index (χ3n) is 3.23. The molecule has 0 aliphatic carbocycles. The highest BCUT2D eigenvalue weighted by Crippen LogP contribution is 2.25. The van der Waals surface area contributed by atoms with Crippen LogP contribution in [0.1, 0.15) is 25.8 Å². The molecule has 0 fully saturated rings. The quantitative estimate of drug-likeness (QED) is 0.883. The molecule has 2 rings (SSSR count). The van der Waals surface area contributed by atoms with Crippen molar-refractivity contribution in [3.8, 4) is 11.5 Å². The maximum atomic E-state index is 12.1. The van der Waals surface area contributed by atoms with Gasteiger partial charge in [-0.3, -0.25) is 4.79 Å². The van der Waals surface area contributed by atoms with Crippen LogP contribution in [0.5, 0.6) is 0 Å². The molecule has 1 atom stereocenters. The molecule has 1 aromatic carbocycles. The average Bonchev–Trinajstić information content (AvgIpc) is 2.94. The van der Waals surface area contributed by atoms with Gasteiger partial charge in [-0.15, -0.1) is 12.4 Å². The SMILES string of the molecule is Cc1ccc(NC(=O)[C@@H](N)CC(C)C)cc1-c1ncco1.Cl. The summed E-state index contributed by atoms with van der Waals surface area (Å²) >= 11 is 0. The molecule has 0 aliphatic heterocycles. The van der Waals surface area contributed by atoms with Crippen LogP contribution in [0.2, 0.25) is 0 Å². The van der Waals surface area contributed by atoms with Crippen molar-refractivity contribution in [2.24, 2.45) is 11.7 Å². The van der Waals surface area contributed by atoms with E-state index in [0.717, 1.165) is 11.1 Å². The molecule has 0 aliphatic rings. The maximum absolute atomic E-state index is 12.1. The number of aryl methyl sites for hydroxylation is 1. The zero-order valence-corrected chi connectivity index (χ0v) is 13.8. The van der Waals surface area contributed by atoms with Crippen molar-refractivity contribution in [1.29, 1.82) is 0 Å². The van der Waals surface area contributed by atoms with Crippen LogP contribution in [0.25, 0.3) is 11.5 Å². The first-order valence-corrected chi connectivity index (χ1v) is 7.04. The van der Waals surface area contributed by atoms with Gasteiger partial charge in [0, 0.05) is 11.3 Å². The molecule has 1 heterocycles. The van der Waals surface area contributed by atoms with Gasteiger partial charge in [0.25, 0.3) is 0 Å². The standard InChI is InChI=1S/C16H21N3O2.ClH/c1-10(2)8-14(17)15(20)19-12-5-4-11(3)13(9-12)16-18-6-7-21-16;/h4-7,9-10,14H,8,17H2,1-3H3,(H,19,20);1H/t14-;/m0./s1. The van der Waals surface area contributed by atoms with E-state index in [0.29, 0.717) is 23.9 Å². The molecule has 1 amide bonds. The molecule has 6 heteroatoms. The molecule has 120 valence electrons. The van der Waals surface area contributed by atoms with Crippen molar-refractivity contribution in [3.63, 3.8) is 0 Å². The zero-order chi connectivity index (χ0) is 15.4. The molecular weight excluding hydrogens is 302 g/mol. The molecule has 5 nitrogen and oxygen atoms in total. The van der Waals surface area contributed by atoms with E-state index in [-0.39, 0.29) is 18.3 Å². The molecule has 0 saturated heterocycles. The molecule has 2 aromatic rings. The van der Waals surface area contributed by atoms with E-state index in [1.54, 1.807) is 6.20 Å². The number of aromatic nitrogens is 1. The Bertz CT molecular complexity index is 612. The Morgan fingerprint density at radius 1 is 1.41 bits per heavy atom. The van der Waals surface area contributed by atoms with Crippen LogP contribution in [0.3, 0.4) is 0 Å². The summed E-state index contributed by atoms with van der Waals surface area (Å²) in [5.74, 6) is 0.743. The van der Waals surface area contributed by atoms with Crippen molar-refractivity contribution in [1.82, 2.24) is 4.98 Å².